The van der Waals surface area contributed by atoms with E-state index < -0.39 is 11.1 Å². The van der Waals surface area contributed by atoms with Gasteiger partial charge in [-0.3, -0.25) is 9.59 Å². The van der Waals surface area contributed by atoms with Gasteiger partial charge in [-0.2, -0.15) is 5.10 Å². The molecule has 0 bridgehead atoms. The van der Waals surface area contributed by atoms with E-state index in [2.05, 4.69) is 5.10 Å². The first kappa shape index (κ1) is 13.4. The second kappa shape index (κ2) is 5.32. The average Bonchev–Trinajstić information content (AvgIpc) is 2.32. The van der Waals surface area contributed by atoms with E-state index in [-0.39, 0.29) is 17.5 Å². The predicted octanol–water partition coefficient (Wildman–Crippen LogP) is 1.99. The Bertz CT molecular complexity index is 697. The van der Waals surface area contributed by atoms with E-state index in [1.165, 1.54) is 28.9 Å². The lowest BCUT2D eigenvalue weighted by Gasteiger charge is -2.10. The van der Waals surface area contributed by atoms with Gasteiger partial charge in [-0.15, -0.1) is 0 Å². The quantitative estimate of drug-likeness (QED) is 0.808. The van der Waals surface area contributed by atoms with Crippen molar-refractivity contribution in [3.8, 4) is 5.69 Å². The molecule has 0 spiro atoms. The third-order valence-corrected chi connectivity index (χ3v) is 2.67. The second-order valence-corrected chi connectivity index (χ2v) is 4.44. The number of carbonyl (C=O) groups excluding carboxylic acids is 1. The van der Waals surface area contributed by atoms with Crippen LogP contribution in [0.1, 0.15) is 11.4 Å². The summed E-state index contributed by atoms with van der Waals surface area (Å²) in [7, 11) is 0. The normalized spacial score (nSPS) is 10.5. The van der Waals surface area contributed by atoms with E-state index >= 15 is 0 Å². The summed E-state index contributed by atoms with van der Waals surface area (Å²) < 4.78 is 14.6. The number of nitrogens with zero attached hydrogens (tertiary/aromatic N) is 2. The van der Waals surface area contributed by atoms with Crippen LogP contribution in [0.25, 0.3) is 5.69 Å². The van der Waals surface area contributed by atoms with Gasteiger partial charge < -0.3 is 0 Å². The molecule has 0 aliphatic heterocycles. The highest BCUT2D eigenvalue weighted by Crippen LogP contribution is 2.10. The van der Waals surface area contributed by atoms with Gasteiger partial charge in [0.2, 0.25) is 10.7 Å². The van der Waals surface area contributed by atoms with Crippen LogP contribution in [-0.2, 0) is 11.2 Å². The molecule has 0 amide bonds. The van der Waals surface area contributed by atoms with Crippen LogP contribution in [-0.4, -0.2) is 15.0 Å². The summed E-state index contributed by atoms with van der Waals surface area (Å²) >= 11 is 5.26. The maximum Gasteiger partial charge on any atom is 0.227 e. The summed E-state index contributed by atoms with van der Waals surface area (Å²) in [4.78, 5) is 22.5. The first-order chi connectivity index (χ1) is 8.97. The molecule has 0 saturated carbocycles. The lowest BCUT2D eigenvalue weighted by molar-refractivity contribution is -0.111. The molecule has 19 heavy (non-hydrogen) atoms. The smallest absolute Gasteiger partial charge is 0.227 e. The number of rotatable bonds is 3. The molecule has 2 aromatic rings. The molecule has 0 N–H and O–H groups in total. The third kappa shape index (κ3) is 3.06. The van der Waals surface area contributed by atoms with Crippen LogP contribution < -0.4 is 5.43 Å². The molecule has 1 heterocycles. The van der Waals surface area contributed by atoms with E-state index in [0.717, 1.165) is 0 Å². The summed E-state index contributed by atoms with van der Waals surface area (Å²) in [5, 5.41) is 3.39. The summed E-state index contributed by atoms with van der Waals surface area (Å²) in [6, 6.07) is 7.13. The van der Waals surface area contributed by atoms with Gasteiger partial charge in [0.05, 0.1) is 12.1 Å². The van der Waals surface area contributed by atoms with Crippen molar-refractivity contribution < 1.29 is 9.18 Å². The number of aryl methyl sites for hydroxylation is 1. The fourth-order valence-corrected chi connectivity index (χ4v) is 1.83. The maximum absolute atomic E-state index is 13.2. The lowest BCUT2D eigenvalue weighted by Crippen LogP contribution is -2.20. The van der Waals surface area contributed by atoms with Crippen LogP contribution >= 0.6 is 11.6 Å². The predicted molar refractivity (Wildman–Crippen MR) is 69.1 cm³/mol. The largest absolute Gasteiger partial charge is 0.288 e. The van der Waals surface area contributed by atoms with E-state index in [4.69, 9.17) is 11.6 Å². The SMILES string of the molecule is Cc1cc(=O)c(CC(=O)Cl)nn1-c1cccc(F)c1. The minimum Gasteiger partial charge on any atom is -0.288 e. The second-order valence-electron chi connectivity index (χ2n) is 4.02. The van der Waals surface area contributed by atoms with Gasteiger partial charge in [0.15, 0.2) is 0 Å². The van der Waals surface area contributed by atoms with Crippen molar-refractivity contribution in [1.82, 2.24) is 9.78 Å². The molecule has 1 aromatic heterocycles. The number of hydrogen-bond acceptors (Lipinski definition) is 3. The zero-order valence-corrected chi connectivity index (χ0v) is 10.8. The number of hydrogen-bond donors (Lipinski definition) is 0. The van der Waals surface area contributed by atoms with Crippen LogP contribution in [0.15, 0.2) is 35.1 Å². The van der Waals surface area contributed by atoms with Crippen molar-refractivity contribution in [3.63, 3.8) is 0 Å². The van der Waals surface area contributed by atoms with Crippen molar-refractivity contribution >= 4 is 16.8 Å². The van der Waals surface area contributed by atoms with Gasteiger partial charge in [-0.1, -0.05) is 6.07 Å². The minimum atomic E-state index is -0.667. The highest BCUT2D eigenvalue weighted by Gasteiger charge is 2.10. The summed E-state index contributed by atoms with van der Waals surface area (Å²) in [6.07, 6.45) is -0.254. The van der Waals surface area contributed by atoms with E-state index in [0.29, 0.717) is 11.4 Å². The molecule has 2 rings (SSSR count). The monoisotopic (exact) mass is 280 g/mol. The zero-order valence-electron chi connectivity index (χ0n) is 10.1. The van der Waals surface area contributed by atoms with Crippen molar-refractivity contribution in [2.24, 2.45) is 0 Å². The molecule has 0 aliphatic carbocycles. The van der Waals surface area contributed by atoms with Gasteiger partial charge in [0, 0.05) is 11.8 Å². The molecule has 0 saturated heterocycles. The van der Waals surface area contributed by atoms with Crippen molar-refractivity contribution in [1.29, 1.82) is 0 Å². The first-order valence-corrected chi connectivity index (χ1v) is 5.89. The standard InChI is InChI=1S/C13H10ClFN2O2/c1-8-5-12(18)11(7-13(14)19)16-17(8)10-4-2-3-9(15)6-10/h2-6H,7H2,1H3. The van der Waals surface area contributed by atoms with Gasteiger partial charge in [0.1, 0.15) is 11.5 Å². The number of carbonyl (C=O) groups is 1. The Balaban J connectivity index is 2.57. The molecular weight excluding hydrogens is 271 g/mol. The molecule has 98 valence electrons. The highest BCUT2D eigenvalue weighted by atomic mass is 35.5. The average molecular weight is 281 g/mol. The Morgan fingerprint density at radius 3 is 2.79 bits per heavy atom. The molecule has 0 atom stereocenters. The Hall–Kier alpha value is -2.01. The van der Waals surface area contributed by atoms with Crippen LogP contribution in [0.3, 0.4) is 0 Å². The molecule has 1 aromatic carbocycles. The van der Waals surface area contributed by atoms with E-state index in [1.807, 2.05) is 0 Å². The Kier molecular flexibility index (Phi) is 3.76. The maximum atomic E-state index is 13.2. The van der Waals surface area contributed by atoms with E-state index in [9.17, 15) is 14.0 Å². The van der Waals surface area contributed by atoms with Crippen LogP contribution in [0, 0.1) is 12.7 Å². The molecule has 0 unspecified atom stereocenters. The molecule has 0 radical (unpaired) electrons. The van der Waals surface area contributed by atoms with Crippen LogP contribution in [0.2, 0.25) is 0 Å². The summed E-state index contributed by atoms with van der Waals surface area (Å²) in [5.41, 5.74) is 0.691. The summed E-state index contributed by atoms with van der Waals surface area (Å²) in [5.74, 6) is -0.410. The summed E-state index contributed by atoms with van der Waals surface area (Å²) in [6.45, 7) is 1.67. The topological polar surface area (TPSA) is 52.0 Å². The molecule has 6 heteroatoms. The first-order valence-electron chi connectivity index (χ1n) is 5.51. The third-order valence-electron chi connectivity index (χ3n) is 2.54. The lowest BCUT2D eigenvalue weighted by atomic mass is 10.2. The Morgan fingerprint density at radius 1 is 1.42 bits per heavy atom. The highest BCUT2D eigenvalue weighted by molar-refractivity contribution is 6.63. The van der Waals surface area contributed by atoms with Gasteiger partial charge in [-0.25, -0.2) is 9.07 Å². The van der Waals surface area contributed by atoms with Gasteiger partial charge >= 0.3 is 0 Å². The molecule has 4 nitrogen and oxygen atoms in total. The fraction of sp³-hybridized carbons (Fsp3) is 0.154. The fourth-order valence-electron chi connectivity index (χ4n) is 1.71. The van der Waals surface area contributed by atoms with E-state index in [1.54, 1.807) is 13.0 Å². The molecule has 0 fully saturated rings. The molecular formula is C13H10ClFN2O2. The Morgan fingerprint density at radius 2 is 2.16 bits per heavy atom. The zero-order chi connectivity index (χ0) is 14.0. The number of halogens is 2. The molecule has 0 aliphatic rings. The number of benzene rings is 1. The van der Waals surface area contributed by atoms with Crippen molar-refractivity contribution in [2.45, 2.75) is 13.3 Å². The van der Waals surface area contributed by atoms with Gasteiger partial charge in [-0.05, 0) is 36.7 Å². The Labute approximate surface area is 113 Å². The number of aromatic nitrogens is 2. The van der Waals surface area contributed by atoms with Gasteiger partial charge in [0.25, 0.3) is 0 Å². The van der Waals surface area contributed by atoms with Crippen LogP contribution in [0.4, 0.5) is 4.39 Å². The van der Waals surface area contributed by atoms with Crippen LogP contribution in [0.5, 0.6) is 0 Å². The van der Waals surface area contributed by atoms with Crippen molar-refractivity contribution in [2.75, 3.05) is 0 Å². The van der Waals surface area contributed by atoms with Crippen molar-refractivity contribution in [3.05, 3.63) is 57.8 Å². The minimum absolute atomic E-state index is 0.0369.